The van der Waals surface area contributed by atoms with E-state index in [1.807, 2.05) is 0 Å². The first-order valence-electron chi connectivity index (χ1n) is 27.6. The van der Waals surface area contributed by atoms with E-state index in [0.29, 0.717) is 0 Å². The number of carbonyl (C=O) groups is 1. The summed E-state index contributed by atoms with van der Waals surface area (Å²) in [5.74, 6) is -1.54. The highest BCUT2D eigenvalue weighted by Gasteiger charge is 2.59. The Kier molecular flexibility index (Phi) is 24.0. The van der Waals surface area contributed by atoms with Gasteiger partial charge in [0.05, 0.1) is 39.6 Å². The lowest BCUT2D eigenvalue weighted by Gasteiger charge is -2.50. The molecule has 0 aromatic heterocycles. The second-order valence-electron chi connectivity index (χ2n) is 22.4. The molecule has 0 saturated carbocycles. The Morgan fingerprint density at radius 3 is 0.647 bits per heavy atom. The Hall–Kier alpha value is -1.93. The van der Waals surface area contributed by atoms with Crippen LogP contribution in [0.5, 0.6) is 0 Å². The Morgan fingerprint density at radius 2 is 0.482 bits per heavy atom. The fourth-order valence-electron chi connectivity index (χ4n) is 11.4. The number of rotatable bonds is 12. The molecule has 0 aromatic carbocycles. The Labute approximate surface area is 482 Å². The first-order chi connectivity index (χ1) is 40.3. The van der Waals surface area contributed by atoms with Crippen LogP contribution in [-0.4, -0.2) is 380 Å². The van der Waals surface area contributed by atoms with E-state index < -0.39 is 273 Å². The molecular formula is C48H81NO36. The number of nitrogens with one attached hydrogen (secondary N) is 1. The van der Waals surface area contributed by atoms with E-state index in [1.54, 1.807) is 13.8 Å². The van der Waals surface area contributed by atoms with E-state index in [2.05, 4.69) is 5.32 Å². The van der Waals surface area contributed by atoms with Crippen LogP contribution in [0.15, 0.2) is 0 Å². The van der Waals surface area contributed by atoms with Crippen LogP contribution in [0.2, 0.25) is 0 Å². The number of aliphatic carboxylic acids is 1. The standard InChI is InChI=1S/C48H81NO36/c1-11(2)3-12(41(70)71)49-4-13-34-20(56)27(63)42(72-13)80-35-14(5-50)74-44(29(65)22(35)58)82-37-16(7-52)76-46(31(67)24(37)60)84-39-18(9-54)78-48(33(69)26(39)62)85-40-19(10-55)77-47(32(68)25(40)61)83-38-17(8-53)75-45(30(66)23(38)59)81-36-15(6-51)73-43(79-34)28(64)21(36)57/h11-40,42-69H,3-10H2,1-2H3,(H,70,71)/t12-,13+,14+,15+,16+,17+,18+,19+,20+,21+,22+,23+,24+,25+,26+,27+,28+,29-,30+,31-,32+,33+,34+,35+,36+,37+,38+,39+,40+,42+,43+,44+,45+,46+,47+,48+/m0/s1. The van der Waals surface area contributed by atoms with E-state index in [0.717, 1.165) is 0 Å². The van der Waals surface area contributed by atoms with E-state index >= 15 is 0 Å². The van der Waals surface area contributed by atoms with Crippen LogP contribution in [0.3, 0.4) is 0 Å². The minimum atomic E-state index is -2.26. The van der Waals surface area contributed by atoms with Crippen molar-refractivity contribution in [2.24, 2.45) is 5.92 Å². The summed E-state index contributed by atoms with van der Waals surface area (Å²) in [6.07, 6.45) is -71.2. The molecule has 494 valence electrons. The van der Waals surface area contributed by atoms with Crippen molar-refractivity contribution in [2.45, 2.75) is 241 Å². The summed E-state index contributed by atoms with van der Waals surface area (Å²) in [4.78, 5) is 12.4. The number of aliphatic hydroxyl groups excluding tert-OH is 20. The number of carboxylic acids is 1. The second-order valence-corrected chi connectivity index (χ2v) is 22.4. The van der Waals surface area contributed by atoms with Gasteiger partial charge in [0.25, 0.3) is 0 Å². The van der Waals surface area contributed by atoms with Gasteiger partial charge in [0.2, 0.25) is 0 Å². The summed E-state index contributed by atoms with van der Waals surface area (Å²) in [6.45, 7) is -3.55. The maximum absolute atomic E-state index is 12.4. The minimum Gasteiger partial charge on any atom is -0.480 e. The Bertz CT molecular complexity index is 2060. The van der Waals surface area contributed by atoms with Gasteiger partial charge in [0.15, 0.2) is 44.0 Å². The van der Waals surface area contributed by atoms with Crippen molar-refractivity contribution in [1.29, 1.82) is 0 Å². The predicted molar refractivity (Wildman–Crippen MR) is 260 cm³/mol. The molecule has 21 rings (SSSR count). The van der Waals surface area contributed by atoms with E-state index in [9.17, 15) is 112 Å². The summed E-state index contributed by atoms with van der Waals surface area (Å²) < 4.78 is 80.9. The predicted octanol–water partition coefficient (Wildman–Crippen LogP) is -14.1. The fourth-order valence-corrected chi connectivity index (χ4v) is 11.4. The zero-order chi connectivity index (χ0) is 62.2. The molecule has 21 aliphatic rings. The fraction of sp³-hybridized carbons (Fsp3) is 0.979. The quantitative estimate of drug-likeness (QED) is 0.0863. The highest BCUT2D eigenvalue weighted by atomic mass is 16.8. The van der Waals surface area contributed by atoms with Crippen LogP contribution < -0.4 is 5.32 Å². The molecular weight excluding hydrogens is 1170 g/mol. The first-order valence-corrected chi connectivity index (χ1v) is 27.6. The molecule has 0 amide bonds. The van der Waals surface area contributed by atoms with E-state index in [1.165, 1.54) is 0 Å². The molecule has 0 unspecified atom stereocenters. The van der Waals surface area contributed by atoms with Gasteiger partial charge >= 0.3 is 5.97 Å². The smallest absolute Gasteiger partial charge is 0.320 e. The zero-order valence-corrected chi connectivity index (χ0v) is 45.5. The Morgan fingerprint density at radius 1 is 0.306 bits per heavy atom. The molecule has 14 bridgehead atoms. The summed E-state index contributed by atoms with van der Waals surface area (Å²) in [5, 5.41) is 236. The van der Waals surface area contributed by atoms with Gasteiger partial charge in [-0.15, -0.1) is 0 Å². The summed E-state index contributed by atoms with van der Waals surface area (Å²) in [7, 11) is 0. The topological polar surface area (TPSA) is 583 Å². The molecule has 37 heteroatoms. The second kappa shape index (κ2) is 29.6. The molecule has 0 aromatic rings. The first kappa shape index (κ1) is 69.0. The molecule has 0 radical (unpaired) electrons. The zero-order valence-electron chi connectivity index (χ0n) is 45.5. The van der Waals surface area contributed by atoms with Crippen molar-refractivity contribution in [3.8, 4) is 0 Å². The largest absolute Gasteiger partial charge is 0.480 e. The van der Waals surface area contributed by atoms with Crippen molar-refractivity contribution in [2.75, 3.05) is 46.2 Å². The van der Waals surface area contributed by atoms with Gasteiger partial charge in [-0.25, -0.2) is 0 Å². The highest BCUT2D eigenvalue weighted by Crippen LogP contribution is 2.39. The molecule has 21 aliphatic heterocycles. The van der Waals surface area contributed by atoms with Gasteiger partial charge in [-0.05, 0) is 12.3 Å². The molecule has 22 N–H and O–H groups in total. The number of carboxylic acid groups (broad SMARTS) is 1. The number of ether oxygens (including phenoxy) is 14. The third kappa shape index (κ3) is 14.4. The molecule has 36 atom stereocenters. The average molecular weight is 1250 g/mol. The molecule has 21 fully saturated rings. The average Bonchev–Trinajstić information content (AvgIpc) is 2.42. The van der Waals surface area contributed by atoms with E-state index in [-0.39, 0.29) is 12.3 Å². The van der Waals surface area contributed by atoms with Crippen LogP contribution in [0.25, 0.3) is 0 Å². The molecule has 37 nitrogen and oxygen atoms in total. The van der Waals surface area contributed by atoms with Crippen LogP contribution in [0.4, 0.5) is 0 Å². The van der Waals surface area contributed by atoms with Crippen molar-refractivity contribution in [3.05, 3.63) is 0 Å². The lowest BCUT2D eigenvalue weighted by molar-refractivity contribution is -0.396. The van der Waals surface area contributed by atoms with Crippen LogP contribution in [0.1, 0.15) is 20.3 Å². The van der Waals surface area contributed by atoms with Gasteiger partial charge < -0.3 is 179 Å². The molecule has 21 heterocycles. The van der Waals surface area contributed by atoms with Gasteiger partial charge in [0, 0.05) is 6.54 Å². The maximum Gasteiger partial charge on any atom is 0.320 e. The lowest BCUT2D eigenvalue weighted by atomic mass is 9.94. The van der Waals surface area contributed by atoms with Crippen molar-refractivity contribution in [3.63, 3.8) is 0 Å². The highest BCUT2D eigenvalue weighted by molar-refractivity contribution is 5.73. The third-order valence-electron chi connectivity index (χ3n) is 16.2. The SMILES string of the molecule is CC(C)C[C@H](NC[C@H]1O[C@@H]2O[C@H]3[C@H](O)[C@H](O)[C@@H](O[C@H]4[C@H](O)[C@H](O)[C@@H](O[C@H]5[C@H](O)[C@@H](O)[C@@H](O[C@H]6[C@H](O)[C@@H](O)[C@@H](O[C@H]7[C@H](O)[C@@H](O)[C@@H](O[C@H]8[C@H](O)[C@@H](O)[C@@H](O[C@H]1[C@H](O)[C@H]2O)O[C@@H]8CO)O[C@@H]7CO)O[C@@H]6CO)O[C@@H]5CO)O[C@@H]4CO)O[C@@H]3CO)C(=O)O. The molecule has 21 saturated heterocycles. The van der Waals surface area contributed by atoms with Gasteiger partial charge in [-0.2, -0.15) is 0 Å². The summed E-state index contributed by atoms with van der Waals surface area (Å²) >= 11 is 0. The van der Waals surface area contributed by atoms with Gasteiger partial charge in [-0.1, -0.05) is 13.8 Å². The molecule has 85 heavy (non-hydrogen) atoms. The third-order valence-corrected chi connectivity index (χ3v) is 16.2. The minimum absolute atomic E-state index is 0.0270. The Balaban J connectivity index is 1.11. The summed E-state index contributed by atoms with van der Waals surface area (Å²) in [6, 6.07) is -1.30. The van der Waals surface area contributed by atoms with Gasteiger partial charge in [-0.3, -0.25) is 4.79 Å². The van der Waals surface area contributed by atoms with E-state index in [4.69, 9.17) is 66.3 Å². The van der Waals surface area contributed by atoms with Gasteiger partial charge in [0.1, 0.15) is 177 Å². The van der Waals surface area contributed by atoms with Crippen molar-refractivity contribution >= 4 is 5.97 Å². The lowest BCUT2D eigenvalue weighted by Crippen LogP contribution is -2.68. The number of hydrogen-bond donors (Lipinski definition) is 22. The monoisotopic (exact) mass is 1250 g/mol. The van der Waals surface area contributed by atoms with Crippen LogP contribution in [0, 0.1) is 5.92 Å². The van der Waals surface area contributed by atoms with Crippen molar-refractivity contribution < 1.29 is 178 Å². The van der Waals surface area contributed by atoms with Crippen molar-refractivity contribution in [1.82, 2.24) is 5.32 Å². The molecule has 0 spiro atoms. The molecule has 0 aliphatic carbocycles. The maximum atomic E-state index is 12.4. The van der Waals surface area contributed by atoms with Crippen LogP contribution >= 0.6 is 0 Å². The van der Waals surface area contributed by atoms with Crippen LogP contribution in [-0.2, 0) is 71.1 Å². The number of hydrogen-bond acceptors (Lipinski definition) is 36. The normalized spacial score (nSPS) is 51.7. The summed E-state index contributed by atoms with van der Waals surface area (Å²) in [5.41, 5.74) is 0. The number of aliphatic hydroxyl groups is 20.